The summed E-state index contributed by atoms with van der Waals surface area (Å²) in [7, 11) is -3.74. The molecule has 31 heavy (non-hydrogen) atoms. The van der Waals surface area contributed by atoms with E-state index in [1.165, 1.54) is 12.1 Å². The van der Waals surface area contributed by atoms with Gasteiger partial charge < -0.3 is 10.1 Å². The zero-order valence-corrected chi connectivity index (χ0v) is 18.6. The maximum Gasteiger partial charge on any atom is 0.261 e. The number of nitrogens with one attached hydrogen (secondary N) is 2. The SMILES string of the molecule is Cc1cc(C)cc(OCCNC(=O)c2cccc(NS(=O)(=O)c3ccccc3)c2C)c1. The van der Waals surface area contributed by atoms with Crippen LogP contribution in [0.1, 0.15) is 27.0 Å². The normalized spacial score (nSPS) is 11.1. The largest absolute Gasteiger partial charge is 0.492 e. The molecule has 162 valence electrons. The highest BCUT2D eigenvalue weighted by atomic mass is 32.2. The predicted molar refractivity (Wildman–Crippen MR) is 122 cm³/mol. The van der Waals surface area contributed by atoms with Gasteiger partial charge in [0.05, 0.1) is 17.1 Å². The third kappa shape index (κ3) is 5.86. The number of carbonyl (C=O) groups excluding carboxylic acids is 1. The van der Waals surface area contributed by atoms with Crippen LogP contribution in [0.2, 0.25) is 0 Å². The quantitative estimate of drug-likeness (QED) is 0.516. The van der Waals surface area contributed by atoms with E-state index in [2.05, 4.69) is 16.1 Å². The van der Waals surface area contributed by atoms with Crippen LogP contribution in [0.5, 0.6) is 5.75 Å². The predicted octanol–water partition coefficient (Wildman–Crippen LogP) is 4.22. The van der Waals surface area contributed by atoms with Gasteiger partial charge in [-0.15, -0.1) is 0 Å². The molecule has 0 unspecified atom stereocenters. The van der Waals surface area contributed by atoms with Gasteiger partial charge in [-0.05, 0) is 73.9 Å². The minimum atomic E-state index is -3.74. The number of aryl methyl sites for hydroxylation is 2. The van der Waals surface area contributed by atoms with Gasteiger partial charge in [-0.2, -0.15) is 0 Å². The van der Waals surface area contributed by atoms with Crippen LogP contribution < -0.4 is 14.8 Å². The van der Waals surface area contributed by atoms with E-state index in [0.717, 1.165) is 16.9 Å². The molecule has 0 radical (unpaired) electrons. The highest BCUT2D eigenvalue weighted by Gasteiger charge is 2.17. The first-order valence-electron chi connectivity index (χ1n) is 9.93. The lowest BCUT2D eigenvalue weighted by Gasteiger charge is -2.14. The fourth-order valence-electron chi connectivity index (χ4n) is 3.24. The zero-order valence-electron chi connectivity index (χ0n) is 17.8. The van der Waals surface area contributed by atoms with Gasteiger partial charge in [-0.25, -0.2) is 8.42 Å². The number of sulfonamides is 1. The van der Waals surface area contributed by atoms with Crippen LogP contribution in [-0.2, 0) is 10.0 Å². The second-order valence-electron chi connectivity index (χ2n) is 7.32. The number of anilines is 1. The lowest BCUT2D eigenvalue weighted by molar-refractivity contribution is 0.0946. The Bertz CT molecular complexity index is 1160. The van der Waals surface area contributed by atoms with Crippen molar-refractivity contribution in [1.29, 1.82) is 0 Å². The molecule has 0 atom stereocenters. The lowest BCUT2D eigenvalue weighted by atomic mass is 10.1. The summed E-state index contributed by atoms with van der Waals surface area (Å²) in [5.74, 6) is 0.475. The summed E-state index contributed by atoms with van der Waals surface area (Å²) in [6, 6.07) is 19.0. The highest BCUT2D eigenvalue weighted by Crippen LogP contribution is 2.22. The van der Waals surface area contributed by atoms with E-state index in [0.29, 0.717) is 30.0 Å². The molecule has 7 heteroatoms. The number of carbonyl (C=O) groups is 1. The minimum Gasteiger partial charge on any atom is -0.492 e. The van der Waals surface area contributed by atoms with Crippen molar-refractivity contribution in [3.05, 3.63) is 89.0 Å². The Morgan fingerprint density at radius 1 is 0.903 bits per heavy atom. The van der Waals surface area contributed by atoms with Gasteiger partial charge >= 0.3 is 0 Å². The summed E-state index contributed by atoms with van der Waals surface area (Å²) >= 11 is 0. The standard InChI is InChI=1S/C24H26N2O4S/c1-17-14-18(2)16-20(15-17)30-13-12-25-24(27)22-10-7-11-23(19(22)3)26-31(28,29)21-8-5-4-6-9-21/h4-11,14-16,26H,12-13H2,1-3H3,(H,25,27). The van der Waals surface area contributed by atoms with Crippen molar-refractivity contribution < 1.29 is 17.9 Å². The summed E-state index contributed by atoms with van der Waals surface area (Å²) in [5.41, 5.74) is 3.55. The lowest BCUT2D eigenvalue weighted by Crippen LogP contribution is -2.29. The molecular formula is C24H26N2O4S. The molecule has 0 aliphatic rings. The first-order valence-corrected chi connectivity index (χ1v) is 11.4. The minimum absolute atomic E-state index is 0.160. The Kier molecular flexibility index (Phi) is 6.97. The molecule has 0 aromatic heterocycles. The molecule has 2 N–H and O–H groups in total. The number of hydrogen-bond donors (Lipinski definition) is 2. The third-order valence-corrected chi connectivity index (χ3v) is 6.11. The summed E-state index contributed by atoms with van der Waals surface area (Å²) < 4.78 is 33.5. The Morgan fingerprint density at radius 3 is 2.26 bits per heavy atom. The van der Waals surface area contributed by atoms with Gasteiger partial charge in [-0.1, -0.05) is 30.3 Å². The van der Waals surface area contributed by atoms with Crippen LogP contribution >= 0.6 is 0 Å². The number of rotatable bonds is 8. The maximum absolute atomic E-state index is 12.6. The topological polar surface area (TPSA) is 84.5 Å². The fourth-order valence-corrected chi connectivity index (χ4v) is 4.38. The van der Waals surface area contributed by atoms with Crippen molar-refractivity contribution in [2.24, 2.45) is 0 Å². The van der Waals surface area contributed by atoms with Crippen molar-refractivity contribution in [3.63, 3.8) is 0 Å². The van der Waals surface area contributed by atoms with Crippen molar-refractivity contribution >= 4 is 21.6 Å². The third-order valence-electron chi connectivity index (χ3n) is 4.73. The molecule has 3 aromatic rings. The van der Waals surface area contributed by atoms with E-state index in [1.54, 1.807) is 43.3 Å². The second-order valence-corrected chi connectivity index (χ2v) is 9.01. The summed E-state index contributed by atoms with van der Waals surface area (Å²) in [4.78, 5) is 12.8. The molecule has 0 heterocycles. The van der Waals surface area contributed by atoms with Gasteiger partial charge in [0.25, 0.3) is 15.9 Å². The van der Waals surface area contributed by atoms with Crippen molar-refractivity contribution in [2.75, 3.05) is 17.9 Å². The van der Waals surface area contributed by atoms with Gasteiger partial charge in [0.15, 0.2) is 0 Å². The van der Waals surface area contributed by atoms with E-state index in [1.807, 2.05) is 26.0 Å². The van der Waals surface area contributed by atoms with Crippen molar-refractivity contribution in [2.45, 2.75) is 25.7 Å². The average molecular weight is 439 g/mol. The van der Waals surface area contributed by atoms with Crippen molar-refractivity contribution in [1.82, 2.24) is 5.32 Å². The molecule has 3 rings (SSSR count). The number of hydrogen-bond acceptors (Lipinski definition) is 4. The Morgan fingerprint density at radius 2 is 1.58 bits per heavy atom. The zero-order chi connectivity index (χ0) is 22.4. The second kappa shape index (κ2) is 9.66. The summed E-state index contributed by atoms with van der Waals surface area (Å²) in [5, 5.41) is 2.82. The number of benzene rings is 3. The number of amides is 1. The number of ether oxygens (including phenoxy) is 1. The fraction of sp³-hybridized carbons (Fsp3) is 0.208. The maximum atomic E-state index is 12.6. The molecule has 0 saturated heterocycles. The monoisotopic (exact) mass is 438 g/mol. The molecule has 3 aromatic carbocycles. The Hall–Kier alpha value is -3.32. The van der Waals surface area contributed by atoms with Crippen LogP contribution in [0.15, 0.2) is 71.6 Å². The molecule has 0 bridgehead atoms. The van der Waals surface area contributed by atoms with E-state index in [9.17, 15) is 13.2 Å². The molecule has 6 nitrogen and oxygen atoms in total. The molecule has 0 saturated carbocycles. The smallest absolute Gasteiger partial charge is 0.261 e. The molecular weight excluding hydrogens is 412 g/mol. The highest BCUT2D eigenvalue weighted by molar-refractivity contribution is 7.92. The average Bonchev–Trinajstić information content (AvgIpc) is 2.72. The first kappa shape index (κ1) is 22.4. The van der Waals surface area contributed by atoms with Crippen molar-refractivity contribution in [3.8, 4) is 5.75 Å². The van der Waals surface area contributed by atoms with E-state index in [4.69, 9.17) is 4.74 Å². The van der Waals surface area contributed by atoms with Crippen LogP contribution in [-0.4, -0.2) is 27.5 Å². The summed E-state index contributed by atoms with van der Waals surface area (Å²) in [6.07, 6.45) is 0. The van der Waals surface area contributed by atoms with Gasteiger partial charge in [0.2, 0.25) is 0 Å². The van der Waals surface area contributed by atoms with Gasteiger partial charge in [0, 0.05) is 5.56 Å². The van der Waals surface area contributed by atoms with Crippen LogP contribution in [0.4, 0.5) is 5.69 Å². The first-order chi connectivity index (χ1) is 14.8. The van der Waals surface area contributed by atoms with E-state index >= 15 is 0 Å². The molecule has 1 amide bonds. The molecule has 0 spiro atoms. The Labute approximate surface area is 183 Å². The van der Waals surface area contributed by atoms with Crippen LogP contribution in [0.25, 0.3) is 0 Å². The molecule has 0 fully saturated rings. The molecule has 0 aliphatic carbocycles. The Balaban J connectivity index is 1.63. The van der Waals surface area contributed by atoms with Crippen LogP contribution in [0.3, 0.4) is 0 Å². The summed E-state index contributed by atoms with van der Waals surface area (Å²) in [6.45, 7) is 6.37. The van der Waals surface area contributed by atoms with E-state index < -0.39 is 10.0 Å². The van der Waals surface area contributed by atoms with Crippen LogP contribution in [0, 0.1) is 20.8 Å². The molecule has 0 aliphatic heterocycles. The van der Waals surface area contributed by atoms with Gasteiger partial charge in [0.1, 0.15) is 12.4 Å². The van der Waals surface area contributed by atoms with Gasteiger partial charge in [-0.3, -0.25) is 9.52 Å². The van der Waals surface area contributed by atoms with E-state index in [-0.39, 0.29) is 10.8 Å².